The number of hydrogen-bond donors (Lipinski definition) is 2. The van der Waals surface area contributed by atoms with Crippen LogP contribution in [0.1, 0.15) is 64.8 Å². The Hall–Kier alpha value is -2.36. The second-order valence-electron chi connectivity index (χ2n) is 11.2. The van der Waals surface area contributed by atoms with E-state index in [0.29, 0.717) is 11.5 Å². The van der Waals surface area contributed by atoms with Gasteiger partial charge in [-0.25, -0.2) is 13.6 Å². The van der Waals surface area contributed by atoms with Crippen LogP contribution in [0.3, 0.4) is 0 Å². The quantitative estimate of drug-likeness (QED) is 0.578. The predicted molar refractivity (Wildman–Crippen MR) is 128 cm³/mol. The zero-order chi connectivity index (χ0) is 27.1. The van der Waals surface area contributed by atoms with Crippen LogP contribution in [0, 0.1) is 29.6 Å². The van der Waals surface area contributed by atoms with Crippen molar-refractivity contribution < 1.29 is 42.5 Å². The van der Waals surface area contributed by atoms with Gasteiger partial charge in [0.05, 0.1) is 6.10 Å². The zero-order valence-electron chi connectivity index (χ0n) is 21.7. The Balaban J connectivity index is 0.00000137. The van der Waals surface area contributed by atoms with E-state index in [1.54, 1.807) is 26.0 Å². The third-order valence-electron chi connectivity index (χ3n) is 9.68. The number of halogens is 2. The lowest BCUT2D eigenvalue weighted by Crippen LogP contribution is -2.70. The molecule has 1 aromatic heterocycles. The molecule has 4 fully saturated rings. The SMILES string of the molecule is CC.Cc1ccc(C2O[C@@H]3CC4[C@@H]5C[C@H](F)C6=CC(=O)C=C[C@]6(C)[C@@]5(F)[C@@H](O)C[C@]4(C)[C@]3(C(=O)O)O2)o1. The number of fused-ring (bicyclic) bond motifs is 7. The second kappa shape index (κ2) is 8.32. The minimum Gasteiger partial charge on any atom is -0.479 e. The number of aliphatic carboxylic acids is 1. The van der Waals surface area contributed by atoms with Gasteiger partial charge >= 0.3 is 5.97 Å². The molecule has 0 spiro atoms. The first-order chi connectivity index (χ1) is 17.4. The first-order valence-electron chi connectivity index (χ1n) is 13.0. The molecule has 2 heterocycles. The van der Waals surface area contributed by atoms with Crippen molar-refractivity contribution in [1.82, 2.24) is 0 Å². The standard InChI is InChI=1S/C26H28F2O7.C2H6/c1-12-4-5-18(33-12)21-34-20-10-14-15-9-17(27)16-8-13(29)6-7-23(16,2)25(15,28)19(30)11-24(14,3)26(20,35-21)22(31)32;1-2/h4-8,14-15,17,19-21,30H,9-11H2,1-3H3,(H,31,32);1-2H3/t14?,15-,17-,19-,20+,21?,23-,24-,25-,26-;/m0./s1. The number of rotatable bonds is 2. The maximum Gasteiger partial charge on any atom is 0.339 e. The molecule has 2 unspecified atom stereocenters. The summed E-state index contributed by atoms with van der Waals surface area (Å²) in [6.07, 6.45) is -1.86. The molecular weight excluding hydrogens is 486 g/mol. The first kappa shape index (κ1) is 26.3. The highest BCUT2D eigenvalue weighted by molar-refractivity contribution is 6.01. The molecule has 1 aliphatic heterocycles. The third-order valence-corrected chi connectivity index (χ3v) is 9.68. The summed E-state index contributed by atoms with van der Waals surface area (Å²) in [5, 5.41) is 21.9. The summed E-state index contributed by atoms with van der Waals surface area (Å²) in [5.41, 5.74) is -6.91. The van der Waals surface area contributed by atoms with Gasteiger partial charge < -0.3 is 24.1 Å². The maximum atomic E-state index is 17.2. The predicted octanol–water partition coefficient (Wildman–Crippen LogP) is 4.78. The lowest BCUT2D eigenvalue weighted by atomic mass is 9.44. The number of carbonyl (C=O) groups is 2. The minimum atomic E-state index is -2.29. The molecule has 0 aromatic carbocycles. The van der Waals surface area contributed by atoms with E-state index in [1.807, 2.05) is 13.8 Å². The summed E-state index contributed by atoms with van der Waals surface area (Å²) in [6, 6.07) is 3.37. The van der Waals surface area contributed by atoms with Gasteiger partial charge in [0.15, 0.2) is 22.8 Å². The highest BCUT2D eigenvalue weighted by Crippen LogP contribution is 2.72. The van der Waals surface area contributed by atoms with Gasteiger partial charge in [0.25, 0.3) is 0 Å². The monoisotopic (exact) mass is 520 g/mol. The second-order valence-corrected chi connectivity index (χ2v) is 11.2. The molecule has 1 aromatic rings. The van der Waals surface area contributed by atoms with Crippen molar-refractivity contribution in [1.29, 1.82) is 0 Å². The van der Waals surface area contributed by atoms with Crippen LogP contribution in [0.15, 0.2) is 40.4 Å². The van der Waals surface area contributed by atoms with Crippen LogP contribution < -0.4 is 0 Å². The number of ether oxygens (including phenoxy) is 2. The number of ketones is 1. The van der Waals surface area contributed by atoms with E-state index in [4.69, 9.17) is 13.9 Å². The Morgan fingerprint density at radius 2 is 1.86 bits per heavy atom. The Kier molecular flexibility index (Phi) is 5.90. The summed E-state index contributed by atoms with van der Waals surface area (Å²) in [7, 11) is 0. The number of alkyl halides is 2. The highest BCUT2D eigenvalue weighted by atomic mass is 19.1. The number of aliphatic hydroxyl groups excluding tert-OH is 1. The number of aliphatic hydroxyl groups is 1. The summed E-state index contributed by atoms with van der Waals surface area (Å²) >= 11 is 0. The number of carbonyl (C=O) groups excluding carboxylic acids is 1. The number of furan rings is 1. The van der Waals surface area contributed by atoms with Gasteiger partial charge in [-0.15, -0.1) is 0 Å². The van der Waals surface area contributed by atoms with Crippen molar-refractivity contribution in [2.75, 3.05) is 0 Å². The number of allylic oxidation sites excluding steroid dienone is 4. The average Bonchev–Trinajstić information content (AvgIpc) is 3.51. The van der Waals surface area contributed by atoms with Crippen LogP contribution in [-0.4, -0.2) is 51.6 Å². The van der Waals surface area contributed by atoms with Gasteiger partial charge in [-0.2, -0.15) is 0 Å². The first-order valence-corrected chi connectivity index (χ1v) is 13.0. The van der Waals surface area contributed by atoms with Crippen LogP contribution in [-0.2, 0) is 19.1 Å². The molecule has 3 saturated carbocycles. The van der Waals surface area contributed by atoms with Gasteiger partial charge in [-0.3, -0.25) is 4.79 Å². The molecule has 0 amide bonds. The summed E-state index contributed by atoms with van der Waals surface area (Å²) < 4.78 is 50.5. The van der Waals surface area contributed by atoms with Crippen molar-refractivity contribution in [2.45, 2.75) is 89.8 Å². The van der Waals surface area contributed by atoms with Gasteiger partial charge in [0, 0.05) is 16.7 Å². The Bertz CT molecular complexity index is 1190. The van der Waals surface area contributed by atoms with Gasteiger partial charge in [0.1, 0.15) is 18.0 Å². The molecule has 0 radical (unpaired) electrons. The lowest BCUT2D eigenvalue weighted by molar-refractivity contribution is -0.241. The molecular formula is C28H34F2O7. The topological polar surface area (TPSA) is 106 Å². The van der Waals surface area contributed by atoms with E-state index in [9.17, 15) is 19.8 Å². The van der Waals surface area contributed by atoms with E-state index < -0.39 is 70.4 Å². The van der Waals surface area contributed by atoms with Gasteiger partial charge in [-0.05, 0) is 68.9 Å². The van der Waals surface area contributed by atoms with Crippen LogP contribution in [0.4, 0.5) is 8.78 Å². The molecule has 1 saturated heterocycles. The molecule has 0 bridgehead atoms. The van der Waals surface area contributed by atoms with E-state index in [1.165, 1.54) is 19.1 Å². The minimum absolute atomic E-state index is 0.0262. The van der Waals surface area contributed by atoms with Crippen LogP contribution in [0.5, 0.6) is 0 Å². The van der Waals surface area contributed by atoms with E-state index in [-0.39, 0.29) is 24.8 Å². The smallest absolute Gasteiger partial charge is 0.339 e. The van der Waals surface area contributed by atoms with Crippen LogP contribution >= 0.6 is 0 Å². The van der Waals surface area contributed by atoms with Crippen molar-refractivity contribution in [3.05, 3.63) is 47.5 Å². The molecule has 7 nitrogen and oxygen atoms in total. The molecule has 4 aliphatic carbocycles. The Morgan fingerprint density at radius 1 is 1.16 bits per heavy atom. The number of aryl methyl sites for hydroxylation is 1. The largest absolute Gasteiger partial charge is 0.479 e. The number of carboxylic acid groups (broad SMARTS) is 1. The van der Waals surface area contributed by atoms with Crippen molar-refractivity contribution in [3.63, 3.8) is 0 Å². The van der Waals surface area contributed by atoms with Crippen molar-refractivity contribution in [2.24, 2.45) is 22.7 Å². The third kappa shape index (κ3) is 3.08. The number of carboxylic acids is 1. The van der Waals surface area contributed by atoms with Gasteiger partial charge in [0.2, 0.25) is 6.29 Å². The van der Waals surface area contributed by atoms with Crippen LogP contribution in [0.25, 0.3) is 0 Å². The van der Waals surface area contributed by atoms with E-state index in [0.717, 1.165) is 6.08 Å². The highest BCUT2D eigenvalue weighted by Gasteiger charge is 2.80. The Labute approximate surface area is 214 Å². The van der Waals surface area contributed by atoms with Gasteiger partial charge in [-0.1, -0.05) is 26.8 Å². The fraction of sp³-hybridized carbons (Fsp3) is 0.643. The molecule has 6 rings (SSSR count). The molecule has 5 aliphatic rings. The average molecular weight is 521 g/mol. The molecule has 9 heteroatoms. The molecule has 37 heavy (non-hydrogen) atoms. The van der Waals surface area contributed by atoms with E-state index >= 15 is 8.78 Å². The number of hydrogen-bond acceptors (Lipinski definition) is 6. The lowest BCUT2D eigenvalue weighted by Gasteiger charge is -2.62. The molecule has 202 valence electrons. The Morgan fingerprint density at radius 3 is 2.49 bits per heavy atom. The van der Waals surface area contributed by atoms with E-state index in [2.05, 4.69) is 0 Å². The normalized spacial score (nSPS) is 47.7. The molecule has 10 atom stereocenters. The molecule has 2 N–H and O–H groups in total. The summed E-state index contributed by atoms with van der Waals surface area (Å²) in [5.74, 6) is -2.39. The maximum absolute atomic E-state index is 17.2. The fourth-order valence-electron chi connectivity index (χ4n) is 8.02. The fourth-order valence-corrected chi connectivity index (χ4v) is 8.02. The van der Waals surface area contributed by atoms with Crippen molar-refractivity contribution >= 4 is 11.8 Å². The zero-order valence-corrected chi connectivity index (χ0v) is 21.7. The van der Waals surface area contributed by atoms with Crippen LogP contribution in [0.2, 0.25) is 0 Å². The van der Waals surface area contributed by atoms with Crippen molar-refractivity contribution in [3.8, 4) is 0 Å². The summed E-state index contributed by atoms with van der Waals surface area (Å²) in [6.45, 7) is 8.93. The summed E-state index contributed by atoms with van der Waals surface area (Å²) in [4.78, 5) is 24.8.